The summed E-state index contributed by atoms with van der Waals surface area (Å²) in [5, 5.41) is 1.51. The molecule has 0 N–H and O–H groups in total. The van der Waals surface area contributed by atoms with E-state index in [4.69, 9.17) is 0 Å². The number of rotatable bonds is 6. The first kappa shape index (κ1) is 33.7. The van der Waals surface area contributed by atoms with Gasteiger partial charge in [-0.05, 0) is 146 Å². The molecular formula is C54H50N2. The minimum absolute atomic E-state index is 0.287. The van der Waals surface area contributed by atoms with Crippen molar-refractivity contribution in [3.8, 4) is 11.1 Å². The molecule has 6 aliphatic rings. The molecule has 1 aliphatic heterocycles. The summed E-state index contributed by atoms with van der Waals surface area (Å²) in [6, 6.07) is 37.1. The van der Waals surface area contributed by atoms with Crippen molar-refractivity contribution < 1.29 is 0 Å². The van der Waals surface area contributed by atoms with E-state index in [1.54, 1.807) is 16.8 Å². The Morgan fingerprint density at radius 1 is 0.679 bits per heavy atom. The highest BCUT2D eigenvalue weighted by molar-refractivity contribution is 5.95. The summed E-state index contributed by atoms with van der Waals surface area (Å²) >= 11 is 0. The molecule has 2 heterocycles. The zero-order valence-corrected chi connectivity index (χ0v) is 32.3. The van der Waals surface area contributed by atoms with Crippen molar-refractivity contribution in [2.45, 2.75) is 82.2 Å². The number of hydrogen-bond donors (Lipinski definition) is 0. The van der Waals surface area contributed by atoms with E-state index in [2.05, 4.69) is 167 Å². The van der Waals surface area contributed by atoms with Crippen molar-refractivity contribution >= 4 is 27.9 Å². The van der Waals surface area contributed by atoms with Gasteiger partial charge in [-0.1, -0.05) is 127 Å². The summed E-state index contributed by atoms with van der Waals surface area (Å²) in [4.78, 5) is 2.57. The molecule has 11 rings (SSSR count). The Kier molecular flexibility index (Phi) is 8.53. The van der Waals surface area contributed by atoms with Crippen LogP contribution in [0.2, 0.25) is 0 Å². The Balaban J connectivity index is 0.892. The third-order valence-electron chi connectivity index (χ3n) is 13.6. The molecule has 0 spiro atoms. The van der Waals surface area contributed by atoms with E-state index in [1.807, 2.05) is 0 Å². The number of anilines is 2. The molecule has 4 aromatic carbocycles. The van der Waals surface area contributed by atoms with Gasteiger partial charge in [-0.15, -0.1) is 0 Å². The third kappa shape index (κ3) is 5.84. The molecule has 4 atom stereocenters. The normalized spacial score (nSPS) is 23.9. The van der Waals surface area contributed by atoms with Crippen LogP contribution in [0.5, 0.6) is 0 Å². The van der Waals surface area contributed by atoms with E-state index in [0.717, 1.165) is 12.8 Å². The van der Waals surface area contributed by atoms with Gasteiger partial charge in [0.15, 0.2) is 0 Å². The molecule has 0 amide bonds. The van der Waals surface area contributed by atoms with Crippen LogP contribution in [0.25, 0.3) is 27.6 Å². The fourth-order valence-corrected chi connectivity index (χ4v) is 10.8. The largest absolute Gasteiger partial charge is 0.337 e. The number of aryl methyl sites for hydroxylation is 1. The van der Waals surface area contributed by atoms with Crippen LogP contribution in [0.1, 0.15) is 85.7 Å². The lowest BCUT2D eigenvalue weighted by Crippen LogP contribution is -2.27. The molecule has 56 heavy (non-hydrogen) atoms. The van der Waals surface area contributed by atoms with E-state index in [0.29, 0.717) is 17.9 Å². The average molecular weight is 727 g/mol. The van der Waals surface area contributed by atoms with Crippen molar-refractivity contribution in [2.24, 2.45) is 5.92 Å². The standard InChI is InChI=1S/C54H50N2/c1-3-13-37(14-4-1)39-25-29-45(30-26-39)55-51-23-9-7-21-47(51)49-35-43(27-31-53(49)55)40-17-11-18-41(33-40)44-28-32-54-50(36-44)48-22-8-10-24-52(48)56(54)46-20-12-19-42(34-46)38-15-5-2-6-16-38/h1-3,5-6,8,10-13,15-16,18-20,22,24-25,27-29,31,33-36,39-40,45,54H,4,7,9,14,17,21,23,26,30,32H2. The second-order valence-corrected chi connectivity index (χ2v) is 16.8. The number of nitrogens with zero attached hydrogens (tertiary/aromatic N) is 2. The predicted octanol–water partition coefficient (Wildman–Crippen LogP) is 13.9. The lowest BCUT2D eigenvalue weighted by atomic mass is 9.83. The lowest BCUT2D eigenvalue weighted by molar-refractivity contribution is 0.461. The van der Waals surface area contributed by atoms with Gasteiger partial charge < -0.3 is 9.47 Å². The number of benzene rings is 4. The van der Waals surface area contributed by atoms with Gasteiger partial charge >= 0.3 is 0 Å². The second-order valence-electron chi connectivity index (χ2n) is 16.8. The van der Waals surface area contributed by atoms with Gasteiger partial charge in [-0.3, -0.25) is 0 Å². The van der Waals surface area contributed by atoms with Gasteiger partial charge in [0.25, 0.3) is 0 Å². The van der Waals surface area contributed by atoms with E-state index in [9.17, 15) is 0 Å². The molecule has 0 saturated carbocycles. The van der Waals surface area contributed by atoms with Crippen LogP contribution in [-0.4, -0.2) is 10.6 Å². The Morgan fingerprint density at radius 2 is 1.57 bits per heavy atom. The topological polar surface area (TPSA) is 8.17 Å². The van der Waals surface area contributed by atoms with Crippen LogP contribution in [0.4, 0.5) is 11.4 Å². The third-order valence-corrected chi connectivity index (χ3v) is 13.6. The molecule has 276 valence electrons. The van der Waals surface area contributed by atoms with E-state index in [-0.39, 0.29) is 6.04 Å². The number of para-hydroxylation sites is 1. The Bertz CT molecular complexity index is 2560. The zero-order valence-electron chi connectivity index (χ0n) is 32.3. The van der Waals surface area contributed by atoms with Crippen molar-refractivity contribution in [2.75, 3.05) is 4.90 Å². The molecular weight excluding hydrogens is 677 g/mol. The van der Waals surface area contributed by atoms with E-state index >= 15 is 0 Å². The highest BCUT2D eigenvalue weighted by Gasteiger charge is 2.36. The monoisotopic (exact) mass is 726 g/mol. The van der Waals surface area contributed by atoms with E-state index in [1.165, 1.54) is 113 Å². The molecule has 0 fully saturated rings. The first-order valence-electron chi connectivity index (χ1n) is 21.3. The molecule has 4 unspecified atom stereocenters. The molecule has 1 aromatic heterocycles. The summed E-state index contributed by atoms with van der Waals surface area (Å²) < 4.78 is 2.76. The van der Waals surface area contributed by atoms with Crippen molar-refractivity contribution in [1.82, 2.24) is 4.57 Å². The highest BCUT2D eigenvalue weighted by atomic mass is 15.2. The SMILES string of the molecule is C1=CCCC(C2C=CC(n3c4c(c5cc(C6C=C(C7=CCC8C(=C7)c7ccccc7N8c7cccc(-c8ccccc8)c7)C=CC6)ccc53)CCCC4)CC2)=C1. The summed E-state index contributed by atoms with van der Waals surface area (Å²) in [7, 11) is 0. The number of allylic oxidation sites excluding steroid dienone is 12. The van der Waals surface area contributed by atoms with Crippen LogP contribution < -0.4 is 4.90 Å². The predicted molar refractivity (Wildman–Crippen MR) is 235 cm³/mol. The van der Waals surface area contributed by atoms with Gasteiger partial charge in [-0.2, -0.15) is 0 Å². The molecule has 0 radical (unpaired) electrons. The van der Waals surface area contributed by atoms with Gasteiger partial charge in [0.1, 0.15) is 0 Å². The van der Waals surface area contributed by atoms with Gasteiger partial charge in [0, 0.05) is 39.5 Å². The molecule has 2 heteroatoms. The van der Waals surface area contributed by atoms with Crippen molar-refractivity contribution in [3.63, 3.8) is 0 Å². The van der Waals surface area contributed by atoms with Crippen LogP contribution in [0.3, 0.4) is 0 Å². The molecule has 5 aromatic rings. The first-order chi connectivity index (χ1) is 27.8. The van der Waals surface area contributed by atoms with Crippen molar-refractivity contribution in [1.29, 1.82) is 0 Å². The van der Waals surface area contributed by atoms with Crippen molar-refractivity contribution in [3.05, 3.63) is 197 Å². The Morgan fingerprint density at radius 3 is 2.46 bits per heavy atom. The average Bonchev–Trinajstić information content (AvgIpc) is 3.79. The molecule has 2 nitrogen and oxygen atoms in total. The summed E-state index contributed by atoms with van der Waals surface area (Å²) in [6.07, 6.45) is 36.4. The lowest BCUT2D eigenvalue weighted by Gasteiger charge is -2.30. The fourth-order valence-electron chi connectivity index (χ4n) is 10.8. The number of fused-ring (bicyclic) bond motifs is 6. The van der Waals surface area contributed by atoms with Gasteiger partial charge in [0.2, 0.25) is 0 Å². The Hall–Kier alpha value is -5.60. The highest BCUT2D eigenvalue weighted by Crippen LogP contribution is 2.50. The van der Waals surface area contributed by atoms with Gasteiger partial charge in [0.05, 0.1) is 12.1 Å². The maximum atomic E-state index is 2.76. The first-order valence-corrected chi connectivity index (χ1v) is 21.3. The van der Waals surface area contributed by atoms with Crippen LogP contribution >= 0.6 is 0 Å². The maximum Gasteiger partial charge on any atom is 0.0633 e. The van der Waals surface area contributed by atoms with Crippen LogP contribution in [-0.2, 0) is 12.8 Å². The summed E-state index contributed by atoms with van der Waals surface area (Å²) in [5.74, 6) is 0.987. The molecule has 5 aliphatic carbocycles. The number of hydrogen-bond acceptors (Lipinski definition) is 1. The fraction of sp³-hybridized carbons (Fsp3) is 0.259. The minimum Gasteiger partial charge on any atom is -0.337 e. The summed E-state index contributed by atoms with van der Waals surface area (Å²) in [6.45, 7) is 0. The quantitative estimate of drug-likeness (QED) is 0.158. The van der Waals surface area contributed by atoms with Crippen LogP contribution in [0, 0.1) is 5.92 Å². The second kappa shape index (κ2) is 14.2. The van der Waals surface area contributed by atoms with Crippen LogP contribution in [0.15, 0.2) is 175 Å². The smallest absolute Gasteiger partial charge is 0.0633 e. The van der Waals surface area contributed by atoms with Gasteiger partial charge in [-0.25, -0.2) is 0 Å². The Labute approximate surface area is 332 Å². The van der Waals surface area contributed by atoms with E-state index < -0.39 is 0 Å². The minimum atomic E-state index is 0.287. The molecule has 0 bridgehead atoms. The summed E-state index contributed by atoms with van der Waals surface area (Å²) in [5.41, 5.74) is 18.4. The zero-order chi connectivity index (χ0) is 37.0. The molecule has 0 saturated heterocycles. The maximum absolute atomic E-state index is 2.76. The number of aromatic nitrogens is 1.